The summed E-state index contributed by atoms with van der Waals surface area (Å²) in [5.41, 5.74) is 2.13. The molecule has 3 nitrogen and oxygen atoms in total. The monoisotopic (exact) mass is 163 g/mol. The van der Waals surface area contributed by atoms with Crippen molar-refractivity contribution in [2.45, 2.75) is 19.3 Å². The number of aliphatic imine (C=N–C) groups is 1. The fourth-order valence-electron chi connectivity index (χ4n) is 1.49. The van der Waals surface area contributed by atoms with Gasteiger partial charge >= 0.3 is 5.97 Å². The third-order valence-electron chi connectivity index (χ3n) is 2.08. The first kappa shape index (κ1) is 7.28. The van der Waals surface area contributed by atoms with E-state index in [2.05, 4.69) is 11.1 Å². The number of aliphatic carboxylic acids is 1. The van der Waals surface area contributed by atoms with E-state index in [1.807, 2.05) is 0 Å². The lowest BCUT2D eigenvalue weighted by molar-refractivity contribution is -0.132. The molecule has 0 saturated heterocycles. The van der Waals surface area contributed by atoms with E-state index in [0.717, 1.165) is 30.5 Å². The second-order valence-electron chi connectivity index (χ2n) is 2.94. The Kier molecular flexibility index (Phi) is 1.57. The summed E-state index contributed by atoms with van der Waals surface area (Å²) in [5.74, 6) is -0.933. The lowest BCUT2D eigenvalue weighted by Gasteiger charge is -2.06. The smallest absolute Gasteiger partial charge is 0.354 e. The summed E-state index contributed by atoms with van der Waals surface area (Å²) in [6, 6.07) is 0. The van der Waals surface area contributed by atoms with Gasteiger partial charge in [0.2, 0.25) is 0 Å². The van der Waals surface area contributed by atoms with Crippen molar-refractivity contribution in [1.82, 2.24) is 0 Å². The largest absolute Gasteiger partial charge is 0.477 e. The zero-order valence-corrected chi connectivity index (χ0v) is 6.58. The molecule has 3 heteroatoms. The standard InChI is InChI=1S/C9H9NO2/c11-9(12)8-5-6-3-1-2-4-7(6)10-8/h3,5H,1-2,4H2,(H,11,12). The van der Waals surface area contributed by atoms with E-state index in [9.17, 15) is 4.79 Å². The summed E-state index contributed by atoms with van der Waals surface area (Å²) in [6.45, 7) is 0. The molecule has 0 aromatic rings. The average molecular weight is 163 g/mol. The maximum atomic E-state index is 10.5. The highest BCUT2D eigenvalue weighted by Crippen LogP contribution is 2.24. The zero-order valence-electron chi connectivity index (χ0n) is 6.58. The van der Waals surface area contributed by atoms with Crippen molar-refractivity contribution >= 4 is 11.7 Å². The van der Waals surface area contributed by atoms with Crippen LogP contribution in [-0.2, 0) is 4.79 Å². The van der Waals surface area contributed by atoms with Gasteiger partial charge < -0.3 is 5.11 Å². The summed E-state index contributed by atoms with van der Waals surface area (Å²) < 4.78 is 0. The predicted octanol–water partition coefficient (Wildman–Crippen LogP) is 1.52. The molecule has 1 heterocycles. The number of carbonyl (C=O) groups is 1. The molecule has 1 aliphatic carbocycles. The van der Waals surface area contributed by atoms with Crippen LogP contribution < -0.4 is 0 Å². The third kappa shape index (κ3) is 1.07. The molecule has 0 bridgehead atoms. The van der Waals surface area contributed by atoms with Gasteiger partial charge in [0, 0.05) is 5.71 Å². The Morgan fingerprint density at radius 3 is 3.08 bits per heavy atom. The number of hydrogen-bond donors (Lipinski definition) is 1. The van der Waals surface area contributed by atoms with Crippen molar-refractivity contribution in [3.05, 3.63) is 23.4 Å². The molecular weight excluding hydrogens is 154 g/mol. The van der Waals surface area contributed by atoms with Gasteiger partial charge in [-0.15, -0.1) is 0 Å². The van der Waals surface area contributed by atoms with Crippen molar-refractivity contribution in [3.8, 4) is 0 Å². The van der Waals surface area contributed by atoms with Crippen LogP contribution in [0, 0.1) is 0 Å². The summed E-state index contributed by atoms with van der Waals surface area (Å²) in [5, 5.41) is 8.66. The van der Waals surface area contributed by atoms with E-state index >= 15 is 0 Å². The summed E-state index contributed by atoms with van der Waals surface area (Å²) in [7, 11) is 0. The van der Waals surface area contributed by atoms with Gasteiger partial charge in [-0.3, -0.25) is 0 Å². The van der Waals surface area contributed by atoms with Crippen molar-refractivity contribution in [1.29, 1.82) is 0 Å². The first-order valence-electron chi connectivity index (χ1n) is 4.00. The average Bonchev–Trinajstić information content (AvgIpc) is 2.46. The Balaban J connectivity index is 2.35. The minimum atomic E-state index is -0.933. The van der Waals surface area contributed by atoms with E-state index in [0.29, 0.717) is 0 Å². The zero-order chi connectivity index (χ0) is 8.55. The highest BCUT2D eigenvalue weighted by molar-refractivity contribution is 6.10. The predicted molar refractivity (Wildman–Crippen MR) is 45.1 cm³/mol. The van der Waals surface area contributed by atoms with Crippen LogP contribution in [0.3, 0.4) is 0 Å². The lowest BCUT2D eigenvalue weighted by atomic mass is 9.98. The number of hydrogen-bond acceptors (Lipinski definition) is 2. The Hall–Kier alpha value is -1.38. The van der Waals surface area contributed by atoms with E-state index in [1.54, 1.807) is 6.08 Å². The van der Waals surface area contributed by atoms with Crippen molar-refractivity contribution in [2.24, 2.45) is 4.99 Å². The molecule has 12 heavy (non-hydrogen) atoms. The number of carboxylic acid groups (broad SMARTS) is 1. The highest BCUT2D eigenvalue weighted by Gasteiger charge is 2.20. The SMILES string of the molecule is O=C(O)C1=CC2=CCCCC2=N1. The molecule has 1 N–H and O–H groups in total. The maximum Gasteiger partial charge on any atom is 0.354 e. The van der Waals surface area contributed by atoms with Crippen molar-refractivity contribution in [3.63, 3.8) is 0 Å². The van der Waals surface area contributed by atoms with Gasteiger partial charge in [-0.1, -0.05) is 6.08 Å². The molecule has 62 valence electrons. The summed E-state index contributed by atoms with van der Waals surface area (Å²) >= 11 is 0. The number of rotatable bonds is 1. The molecule has 0 aromatic carbocycles. The van der Waals surface area contributed by atoms with Crippen LogP contribution in [0.25, 0.3) is 0 Å². The van der Waals surface area contributed by atoms with Gasteiger partial charge in [0.05, 0.1) is 0 Å². The molecule has 0 aromatic heterocycles. The van der Waals surface area contributed by atoms with Gasteiger partial charge in [0.25, 0.3) is 0 Å². The quantitative estimate of drug-likeness (QED) is 0.637. The molecule has 0 saturated carbocycles. The molecule has 2 rings (SSSR count). The Morgan fingerprint density at radius 2 is 2.42 bits per heavy atom. The number of fused-ring (bicyclic) bond motifs is 1. The molecule has 0 fully saturated rings. The second-order valence-corrected chi connectivity index (χ2v) is 2.94. The molecule has 0 amide bonds. The molecule has 2 aliphatic rings. The van der Waals surface area contributed by atoms with E-state index < -0.39 is 5.97 Å². The normalized spacial score (nSPS) is 20.8. The minimum Gasteiger partial charge on any atom is -0.477 e. The minimum absolute atomic E-state index is 0.179. The number of allylic oxidation sites excluding steroid dienone is 3. The molecule has 1 aliphatic heterocycles. The van der Waals surface area contributed by atoms with Crippen LogP contribution in [0.1, 0.15) is 19.3 Å². The van der Waals surface area contributed by atoms with Crippen LogP contribution in [-0.4, -0.2) is 16.8 Å². The Labute approximate surface area is 70.1 Å². The maximum absolute atomic E-state index is 10.5. The van der Waals surface area contributed by atoms with Gasteiger partial charge in [0.15, 0.2) is 0 Å². The molecule has 0 unspecified atom stereocenters. The van der Waals surface area contributed by atoms with Gasteiger partial charge in [0.1, 0.15) is 5.70 Å². The molecular formula is C9H9NO2. The molecule has 0 atom stereocenters. The van der Waals surface area contributed by atoms with Crippen LogP contribution in [0.15, 0.2) is 28.4 Å². The topological polar surface area (TPSA) is 49.7 Å². The first-order valence-corrected chi connectivity index (χ1v) is 4.00. The van der Waals surface area contributed by atoms with Crippen LogP contribution in [0.5, 0.6) is 0 Å². The van der Waals surface area contributed by atoms with Crippen LogP contribution in [0.2, 0.25) is 0 Å². The fourth-order valence-corrected chi connectivity index (χ4v) is 1.49. The van der Waals surface area contributed by atoms with Crippen molar-refractivity contribution in [2.75, 3.05) is 0 Å². The second kappa shape index (κ2) is 2.59. The summed E-state index contributed by atoms with van der Waals surface area (Å²) in [6.07, 6.45) is 6.75. The Morgan fingerprint density at radius 1 is 1.58 bits per heavy atom. The number of carboxylic acids is 1. The fraction of sp³-hybridized carbons (Fsp3) is 0.333. The first-order chi connectivity index (χ1) is 5.77. The van der Waals surface area contributed by atoms with Crippen molar-refractivity contribution < 1.29 is 9.90 Å². The lowest BCUT2D eigenvalue weighted by Crippen LogP contribution is -2.02. The van der Waals surface area contributed by atoms with E-state index in [-0.39, 0.29) is 5.70 Å². The third-order valence-corrected chi connectivity index (χ3v) is 2.08. The van der Waals surface area contributed by atoms with E-state index in [4.69, 9.17) is 5.11 Å². The van der Waals surface area contributed by atoms with Crippen LogP contribution in [0.4, 0.5) is 0 Å². The number of nitrogens with zero attached hydrogens (tertiary/aromatic N) is 1. The van der Waals surface area contributed by atoms with E-state index in [1.165, 1.54) is 0 Å². The summed E-state index contributed by atoms with van der Waals surface area (Å²) in [4.78, 5) is 14.6. The molecule has 0 spiro atoms. The van der Waals surface area contributed by atoms with Gasteiger partial charge in [-0.05, 0) is 30.9 Å². The van der Waals surface area contributed by atoms with Gasteiger partial charge in [-0.25, -0.2) is 9.79 Å². The Bertz CT molecular complexity index is 323. The van der Waals surface area contributed by atoms with Crippen LogP contribution >= 0.6 is 0 Å². The highest BCUT2D eigenvalue weighted by atomic mass is 16.4. The van der Waals surface area contributed by atoms with Gasteiger partial charge in [-0.2, -0.15) is 0 Å². The molecule has 0 radical (unpaired) electrons.